The molecule has 0 aliphatic carbocycles. The second kappa shape index (κ2) is 11.7. The van der Waals surface area contributed by atoms with E-state index >= 15 is 0 Å². The Kier molecular flexibility index (Phi) is 7.70. The van der Waals surface area contributed by atoms with Gasteiger partial charge in [-0.15, -0.1) is 4.52 Å². The molecule has 4 heterocycles. The van der Waals surface area contributed by atoms with Gasteiger partial charge in [-0.2, -0.15) is 0 Å². The fourth-order valence-electron chi connectivity index (χ4n) is 6.24. The van der Waals surface area contributed by atoms with Crippen LogP contribution in [0.2, 0.25) is 0 Å². The molecule has 0 radical (unpaired) electrons. The van der Waals surface area contributed by atoms with Crippen molar-refractivity contribution in [1.82, 2.24) is 19.5 Å². The maximum atomic E-state index is 11.6. The zero-order valence-corrected chi connectivity index (χ0v) is 25.8. The van der Waals surface area contributed by atoms with Gasteiger partial charge in [0.05, 0.1) is 6.33 Å². The van der Waals surface area contributed by atoms with Crippen LogP contribution in [0.4, 0.5) is 5.82 Å². The summed E-state index contributed by atoms with van der Waals surface area (Å²) < 4.78 is 37.6. The summed E-state index contributed by atoms with van der Waals surface area (Å²) in [4.78, 5) is 14.1. The number of imidazole rings is 1. The number of ether oxygens (including phenoxy) is 3. The first-order chi connectivity index (χ1) is 21.4. The summed E-state index contributed by atoms with van der Waals surface area (Å²) >= 11 is 3.88. The van der Waals surface area contributed by atoms with Crippen molar-refractivity contribution in [3.8, 4) is 0 Å². The Bertz CT molecular complexity index is 1680. The first kappa shape index (κ1) is 29.0. The van der Waals surface area contributed by atoms with Crippen molar-refractivity contribution in [2.45, 2.75) is 49.7 Å². The van der Waals surface area contributed by atoms with Crippen molar-refractivity contribution in [3.63, 3.8) is 0 Å². The van der Waals surface area contributed by atoms with Crippen LogP contribution >= 0.6 is 19.5 Å². The third-order valence-corrected chi connectivity index (χ3v) is 8.75. The van der Waals surface area contributed by atoms with E-state index < -0.39 is 43.1 Å². The molecule has 1 N–H and O–H groups in total. The van der Waals surface area contributed by atoms with Gasteiger partial charge < -0.3 is 19.5 Å². The SMILES string of the molecule is CC1(C)OC2[C@@H](CO[P+](=O)S)O[C@@H](n3cnc4c(NC(c5ccccc5)(c5ccccc5)c5ccccc5)ncnc43)[C@H]2O1. The molecular formula is C32H31N5O5PS+. The van der Waals surface area contributed by atoms with Gasteiger partial charge in [0.15, 0.2) is 29.0 Å². The molecule has 0 saturated carbocycles. The quantitative estimate of drug-likeness (QED) is 0.111. The molecule has 2 unspecified atom stereocenters. The molecule has 10 nitrogen and oxygen atoms in total. The summed E-state index contributed by atoms with van der Waals surface area (Å²) in [6, 6.07) is 30.9. The lowest BCUT2D eigenvalue weighted by atomic mass is 9.77. The van der Waals surface area contributed by atoms with E-state index in [1.54, 1.807) is 6.33 Å². The Morgan fingerprint density at radius 1 is 0.886 bits per heavy atom. The highest BCUT2D eigenvalue weighted by molar-refractivity contribution is 8.39. The molecule has 44 heavy (non-hydrogen) atoms. The molecule has 7 rings (SSSR count). The zero-order valence-electron chi connectivity index (χ0n) is 24.1. The van der Waals surface area contributed by atoms with Gasteiger partial charge in [0, 0.05) is 0 Å². The molecule has 2 aliphatic rings. The van der Waals surface area contributed by atoms with Crippen molar-refractivity contribution in [2.24, 2.45) is 0 Å². The molecular weight excluding hydrogens is 597 g/mol. The van der Waals surface area contributed by atoms with Crippen LogP contribution in [-0.4, -0.2) is 50.2 Å². The van der Waals surface area contributed by atoms with E-state index in [0.29, 0.717) is 17.0 Å². The molecule has 0 amide bonds. The number of hydrogen-bond donors (Lipinski definition) is 2. The minimum atomic E-state index is -2.10. The summed E-state index contributed by atoms with van der Waals surface area (Å²) in [6.07, 6.45) is 1.12. The van der Waals surface area contributed by atoms with E-state index in [0.717, 1.165) is 16.7 Å². The standard InChI is InChI=1S/C32H30N5O5PS/c1-31(2)41-26-24(18-39-43(38)44)40-30(27(26)42-31)37-20-35-25-28(33-19-34-29(25)37)36-32(21-12-6-3-7-13-21,22-14-8-4-9-15-22)23-16-10-5-11-17-23/h3-17,19-20,24,26-27,30H,18H2,1-2H3,(H-,33,34,36,38,44)/p+1/t24-,26?,27+,30-/m1/s1. The second-order valence-corrected chi connectivity index (χ2v) is 12.9. The lowest BCUT2D eigenvalue weighted by Crippen LogP contribution is -2.38. The largest absolute Gasteiger partial charge is 0.582 e. The van der Waals surface area contributed by atoms with Gasteiger partial charge in [-0.3, -0.25) is 4.57 Å². The first-order valence-corrected chi connectivity index (χ1v) is 16.6. The number of aromatic nitrogens is 4. The normalized spacial score (nSPS) is 23.0. The molecule has 0 spiro atoms. The Hall–Kier alpha value is -3.70. The number of anilines is 1. The van der Waals surface area contributed by atoms with Crippen LogP contribution in [0.15, 0.2) is 104 Å². The lowest BCUT2D eigenvalue weighted by molar-refractivity contribution is -0.198. The van der Waals surface area contributed by atoms with Gasteiger partial charge in [0.2, 0.25) is 0 Å². The predicted octanol–water partition coefficient (Wildman–Crippen LogP) is 6.25. The molecule has 2 aliphatic heterocycles. The van der Waals surface area contributed by atoms with Crippen molar-refractivity contribution >= 4 is 36.5 Å². The third kappa shape index (κ3) is 5.19. The van der Waals surface area contributed by atoms with Crippen LogP contribution in [0.1, 0.15) is 36.8 Å². The minimum Gasteiger partial charge on any atom is -0.351 e. The lowest BCUT2D eigenvalue weighted by Gasteiger charge is -2.37. The van der Waals surface area contributed by atoms with E-state index in [1.165, 1.54) is 6.33 Å². The van der Waals surface area contributed by atoms with Gasteiger partial charge in [-0.1, -0.05) is 91.0 Å². The van der Waals surface area contributed by atoms with Crippen LogP contribution < -0.4 is 5.32 Å². The first-order valence-electron chi connectivity index (χ1n) is 14.3. The van der Waals surface area contributed by atoms with Crippen LogP contribution in [0.5, 0.6) is 0 Å². The summed E-state index contributed by atoms with van der Waals surface area (Å²) in [5, 5.41) is 3.80. The number of rotatable bonds is 9. The highest BCUT2D eigenvalue weighted by atomic mass is 32.7. The van der Waals surface area contributed by atoms with Crippen LogP contribution in [0, 0.1) is 0 Å². The number of fused-ring (bicyclic) bond motifs is 2. The van der Waals surface area contributed by atoms with Crippen LogP contribution in [0.25, 0.3) is 11.2 Å². The van der Waals surface area contributed by atoms with Gasteiger partial charge in [-0.25, -0.2) is 15.0 Å². The fourth-order valence-corrected chi connectivity index (χ4v) is 6.72. The zero-order chi connectivity index (χ0) is 30.3. The van der Waals surface area contributed by atoms with Crippen molar-refractivity contribution in [2.75, 3.05) is 11.9 Å². The molecule has 2 aromatic heterocycles. The van der Waals surface area contributed by atoms with Crippen LogP contribution in [0.3, 0.4) is 0 Å². The van der Waals surface area contributed by atoms with Gasteiger partial charge >= 0.3 is 7.23 Å². The highest BCUT2D eigenvalue weighted by Crippen LogP contribution is 2.45. The Morgan fingerprint density at radius 3 is 2.02 bits per heavy atom. The summed E-state index contributed by atoms with van der Waals surface area (Å²) in [7, 11) is -2.10. The molecule has 2 fully saturated rings. The van der Waals surface area contributed by atoms with Gasteiger partial charge in [-0.05, 0) is 35.1 Å². The minimum absolute atomic E-state index is 0.0397. The maximum absolute atomic E-state index is 11.6. The summed E-state index contributed by atoms with van der Waals surface area (Å²) in [6.45, 7) is 3.75. The molecule has 0 bridgehead atoms. The second-order valence-electron chi connectivity index (χ2n) is 11.2. The number of nitrogens with zero attached hydrogens (tertiary/aromatic N) is 4. The van der Waals surface area contributed by atoms with E-state index in [9.17, 15) is 4.57 Å². The third-order valence-electron chi connectivity index (χ3n) is 8.03. The van der Waals surface area contributed by atoms with Crippen molar-refractivity contribution < 1.29 is 23.3 Å². The number of hydrogen-bond acceptors (Lipinski definition) is 9. The molecule has 3 aromatic carbocycles. The monoisotopic (exact) mass is 628 g/mol. The Morgan fingerprint density at radius 2 is 1.45 bits per heavy atom. The molecule has 2 saturated heterocycles. The van der Waals surface area contributed by atoms with Crippen molar-refractivity contribution in [1.29, 1.82) is 0 Å². The summed E-state index contributed by atoms with van der Waals surface area (Å²) in [5.74, 6) is -0.284. The van der Waals surface area contributed by atoms with Gasteiger partial charge in [0.25, 0.3) is 0 Å². The predicted molar refractivity (Wildman–Crippen MR) is 168 cm³/mol. The number of nitrogens with one attached hydrogen (secondary N) is 1. The smallest absolute Gasteiger partial charge is 0.351 e. The van der Waals surface area contributed by atoms with Gasteiger partial charge in [0.1, 0.15) is 49.0 Å². The molecule has 5 atom stereocenters. The van der Waals surface area contributed by atoms with E-state index in [4.69, 9.17) is 28.7 Å². The average molecular weight is 629 g/mol. The van der Waals surface area contributed by atoms with E-state index in [-0.39, 0.29) is 6.61 Å². The molecule has 224 valence electrons. The molecule has 5 aromatic rings. The van der Waals surface area contributed by atoms with E-state index in [1.807, 2.05) is 73.0 Å². The number of thiol groups is 1. The van der Waals surface area contributed by atoms with Crippen molar-refractivity contribution in [3.05, 3.63) is 120 Å². The van der Waals surface area contributed by atoms with E-state index in [2.05, 4.69) is 58.9 Å². The Balaban J connectivity index is 1.33. The molecule has 12 heteroatoms. The Labute approximate surface area is 260 Å². The summed E-state index contributed by atoms with van der Waals surface area (Å²) in [5.41, 5.74) is 3.43. The van der Waals surface area contributed by atoms with Crippen LogP contribution in [-0.2, 0) is 28.8 Å². The number of benzene rings is 3. The highest BCUT2D eigenvalue weighted by Gasteiger charge is 2.56. The average Bonchev–Trinajstić information content (AvgIpc) is 3.71. The fraction of sp³-hybridized carbons (Fsp3) is 0.281. The maximum Gasteiger partial charge on any atom is 0.582 e. The topological polar surface area (TPSA) is 110 Å².